The highest BCUT2D eigenvalue weighted by molar-refractivity contribution is 7.99. The van der Waals surface area contributed by atoms with Gasteiger partial charge in [-0.05, 0) is 59.5 Å². The molecule has 0 radical (unpaired) electrons. The van der Waals surface area contributed by atoms with Crippen LogP contribution >= 0.6 is 11.8 Å². The number of rotatable bonds is 5. The van der Waals surface area contributed by atoms with E-state index in [2.05, 4.69) is 121 Å². The van der Waals surface area contributed by atoms with E-state index in [9.17, 15) is 0 Å². The maximum Gasteiger partial charge on any atom is 0.0555 e. The molecule has 0 amide bonds. The molecule has 3 heteroatoms. The maximum atomic E-state index is 4.49. The zero-order chi connectivity index (χ0) is 21.9. The minimum atomic E-state index is 0.812. The molecule has 5 rings (SSSR count). The molecular formula is C29H26N2S. The summed E-state index contributed by atoms with van der Waals surface area (Å²) in [6.07, 6.45) is 0. The third-order valence-electron chi connectivity index (χ3n) is 5.97. The number of anilines is 2. The SMILES string of the molecule is C=C(c1ccc(NCc2ccccc2C)cc1)N1Cc2ccccc2Sc2ccccc21. The number of nitrogens with one attached hydrogen (secondary N) is 1. The molecule has 0 saturated carbocycles. The Kier molecular flexibility index (Phi) is 5.74. The number of aryl methyl sites for hydroxylation is 1. The van der Waals surface area contributed by atoms with Crippen LogP contribution in [0.25, 0.3) is 5.70 Å². The Morgan fingerprint density at radius 1 is 0.844 bits per heavy atom. The average molecular weight is 435 g/mol. The first-order valence-corrected chi connectivity index (χ1v) is 11.7. The van der Waals surface area contributed by atoms with Gasteiger partial charge in [-0.3, -0.25) is 0 Å². The monoisotopic (exact) mass is 434 g/mol. The zero-order valence-corrected chi connectivity index (χ0v) is 19.0. The minimum Gasteiger partial charge on any atom is -0.381 e. The molecule has 1 aliphatic rings. The second-order valence-electron chi connectivity index (χ2n) is 8.07. The van der Waals surface area contributed by atoms with Gasteiger partial charge in [0, 0.05) is 34.3 Å². The predicted molar refractivity (Wildman–Crippen MR) is 137 cm³/mol. The number of nitrogens with zero attached hydrogens (tertiary/aromatic N) is 1. The van der Waals surface area contributed by atoms with Gasteiger partial charge in [0.05, 0.1) is 5.69 Å². The summed E-state index contributed by atoms with van der Waals surface area (Å²) < 4.78 is 0. The Bertz CT molecular complexity index is 1260. The standard InChI is InChI=1S/C29H26N2S/c1-21-9-3-4-10-24(21)19-30-26-17-15-23(16-18-26)22(2)31-20-25-11-5-7-13-28(25)32-29-14-8-6-12-27(29)31/h3-18,30H,2,19-20H2,1H3. The number of hydrogen-bond acceptors (Lipinski definition) is 3. The van der Waals surface area contributed by atoms with Crippen LogP contribution in [0.3, 0.4) is 0 Å². The highest BCUT2D eigenvalue weighted by Crippen LogP contribution is 2.43. The first-order chi connectivity index (χ1) is 15.7. The van der Waals surface area contributed by atoms with E-state index < -0.39 is 0 Å². The fourth-order valence-corrected chi connectivity index (χ4v) is 5.13. The van der Waals surface area contributed by atoms with Crippen LogP contribution in [0.5, 0.6) is 0 Å². The topological polar surface area (TPSA) is 15.3 Å². The normalized spacial score (nSPS) is 12.5. The van der Waals surface area contributed by atoms with E-state index in [1.54, 1.807) is 0 Å². The molecule has 1 heterocycles. The Balaban J connectivity index is 1.38. The summed E-state index contributed by atoms with van der Waals surface area (Å²) in [6, 6.07) is 34.4. The molecule has 0 aromatic heterocycles. The van der Waals surface area contributed by atoms with Crippen LogP contribution in [0.2, 0.25) is 0 Å². The molecule has 0 bridgehead atoms. The maximum absolute atomic E-state index is 4.49. The molecule has 158 valence electrons. The highest BCUT2D eigenvalue weighted by Gasteiger charge is 2.22. The van der Waals surface area contributed by atoms with Crippen molar-refractivity contribution in [2.45, 2.75) is 29.8 Å². The van der Waals surface area contributed by atoms with Crippen molar-refractivity contribution in [1.29, 1.82) is 0 Å². The van der Waals surface area contributed by atoms with E-state index in [1.807, 2.05) is 11.8 Å². The molecule has 0 saturated heterocycles. The van der Waals surface area contributed by atoms with Gasteiger partial charge in [-0.1, -0.05) is 85.1 Å². The number of para-hydroxylation sites is 1. The lowest BCUT2D eigenvalue weighted by Gasteiger charge is -2.27. The number of fused-ring (bicyclic) bond motifs is 2. The molecule has 1 aliphatic heterocycles. The van der Waals surface area contributed by atoms with Crippen molar-refractivity contribution >= 4 is 28.8 Å². The van der Waals surface area contributed by atoms with Crippen molar-refractivity contribution in [3.05, 3.63) is 126 Å². The number of hydrogen-bond donors (Lipinski definition) is 1. The largest absolute Gasteiger partial charge is 0.381 e. The van der Waals surface area contributed by atoms with E-state index in [0.717, 1.165) is 30.0 Å². The molecule has 32 heavy (non-hydrogen) atoms. The summed E-state index contributed by atoms with van der Waals surface area (Å²) in [5.41, 5.74) is 8.42. The first kappa shape index (κ1) is 20.5. The summed E-state index contributed by atoms with van der Waals surface area (Å²) in [7, 11) is 0. The molecular weight excluding hydrogens is 408 g/mol. The van der Waals surface area contributed by atoms with Gasteiger partial charge in [0.1, 0.15) is 0 Å². The van der Waals surface area contributed by atoms with Gasteiger partial charge in [-0.2, -0.15) is 0 Å². The van der Waals surface area contributed by atoms with Crippen molar-refractivity contribution in [2.24, 2.45) is 0 Å². The summed E-state index contributed by atoms with van der Waals surface area (Å²) in [4.78, 5) is 4.91. The van der Waals surface area contributed by atoms with Gasteiger partial charge >= 0.3 is 0 Å². The lowest BCUT2D eigenvalue weighted by molar-refractivity contribution is 0.956. The lowest BCUT2D eigenvalue weighted by atomic mass is 10.1. The van der Waals surface area contributed by atoms with Gasteiger partial charge in [-0.25, -0.2) is 0 Å². The van der Waals surface area contributed by atoms with E-state index in [0.29, 0.717) is 0 Å². The fraction of sp³-hybridized carbons (Fsp3) is 0.103. The van der Waals surface area contributed by atoms with Crippen molar-refractivity contribution in [3.63, 3.8) is 0 Å². The Hall–Kier alpha value is -3.43. The highest BCUT2D eigenvalue weighted by atomic mass is 32.2. The van der Waals surface area contributed by atoms with Gasteiger partial charge in [0.2, 0.25) is 0 Å². The predicted octanol–water partition coefficient (Wildman–Crippen LogP) is 7.75. The van der Waals surface area contributed by atoms with E-state index in [-0.39, 0.29) is 0 Å². The second-order valence-corrected chi connectivity index (χ2v) is 9.15. The molecule has 0 fully saturated rings. The van der Waals surface area contributed by atoms with E-state index >= 15 is 0 Å². The summed E-state index contributed by atoms with van der Waals surface area (Å²) in [6.45, 7) is 8.28. The van der Waals surface area contributed by atoms with Gasteiger partial charge in [0.25, 0.3) is 0 Å². The van der Waals surface area contributed by atoms with Gasteiger partial charge in [-0.15, -0.1) is 0 Å². The summed E-state index contributed by atoms with van der Waals surface area (Å²) in [5.74, 6) is 0. The second kappa shape index (κ2) is 8.97. The van der Waals surface area contributed by atoms with Crippen LogP contribution in [0.4, 0.5) is 11.4 Å². The molecule has 4 aromatic rings. The van der Waals surface area contributed by atoms with E-state index in [1.165, 1.54) is 32.2 Å². The quantitative estimate of drug-likeness (QED) is 0.346. The smallest absolute Gasteiger partial charge is 0.0555 e. The van der Waals surface area contributed by atoms with Crippen LogP contribution in [0, 0.1) is 6.92 Å². The molecule has 2 nitrogen and oxygen atoms in total. The molecule has 0 spiro atoms. The Morgan fingerprint density at radius 3 is 2.34 bits per heavy atom. The minimum absolute atomic E-state index is 0.812. The molecule has 4 aromatic carbocycles. The van der Waals surface area contributed by atoms with Crippen molar-refractivity contribution in [2.75, 3.05) is 10.2 Å². The van der Waals surface area contributed by atoms with Crippen LogP contribution in [0.1, 0.15) is 22.3 Å². The van der Waals surface area contributed by atoms with Gasteiger partial charge in [0.15, 0.2) is 0 Å². The Morgan fingerprint density at radius 2 is 1.53 bits per heavy atom. The third-order valence-corrected chi connectivity index (χ3v) is 7.15. The molecule has 1 N–H and O–H groups in total. The van der Waals surface area contributed by atoms with Crippen molar-refractivity contribution < 1.29 is 0 Å². The average Bonchev–Trinajstić information content (AvgIpc) is 3.00. The molecule has 0 aliphatic carbocycles. The van der Waals surface area contributed by atoms with Gasteiger partial charge < -0.3 is 10.2 Å². The molecule has 0 atom stereocenters. The first-order valence-electron chi connectivity index (χ1n) is 10.9. The van der Waals surface area contributed by atoms with E-state index in [4.69, 9.17) is 0 Å². The number of benzene rings is 4. The van der Waals surface area contributed by atoms with Crippen molar-refractivity contribution in [3.8, 4) is 0 Å². The van der Waals surface area contributed by atoms with Crippen LogP contribution in [-0.2, 0) is 13.1 Å². The zero-order valence-electron chi connectivity index (χ0n) is 18.2. The van der Waals surface area contributed by atoms with Crippen LogP contribution in [-0.4, -0.2) is 0 Å². The third kappa shape index (κ3) is 4.17. The lowest BCUT2D eigenvalue weighted by Crippen LogP contribution is -2.20. The van der Waals surface area contributed by atoms with Crippen LogP contribution < -0.4 is 10.2 Å². The molecule has 0 unspecified atom stereocenters. The van der Waals surface area contributed by atoms with Crippen molar-refractivity contribution in [1.82, 2.24) is 0 Å². The fourth-order valence-electron chi connectivity index (χ4n) is 4.06. The summed E-state index contributed by atoms with van der Waals surface area (Å²) in [5, 5.41) is 3.54. The van der Waals surface area contributed by atoms with Crippen LogP contribution in [0.15, 0.2) is 113 Å². The summed E-state index contributed by atoms with van der Waals surface area (Å²) >= 11 is 1.83. The Labute approximate surface area is 194 Å².